The van der Waals surface area contributed by atoms with Gasteiger partial charge < -0.3 is 15.0 Å². The molecule has 0 aliphatic carbocycles. The van der Waals surface area contributed by atoms with Crippen LogP contribution in [-0.2, 0) is 0 Å². The Morgan fingerprint density at radius 3 is 2.32 bits per heavy atom. The molecule has 0 aromatic heterocycles. The monoisotopic (exact) mass is 256 g/mol. The van der Waals surface area contributed by atoms with Crippen LogP contribution in [0.1, 0.15) is 0 Å². The molecule has 0 spiro atoms. The summed E-state index contributed by atoms with van der Waals surface area (Å²) < 4.78 is 5.13. The first-order valence-electron chi connectivity index (χ1n) is 6.44. The van der Waals surface area contributed by atoms with Gasteiger partial charge in [0.05, 0.1) is 7.11 Å². The number of anilines is 2. The van der Waals surface area contributed by atoms with Crippen molar-refractivity contribution in [1.82, 2.24) is 0 Å². The number of benzene rings is 2. The quantitative estimate of drug-likeness (QED) is 0.858. The van der Waals surface area contributed by atoms with Crippen molar-refractivity contribution >= 4 is 11.4 Å². The van der Waals surface area contributed by atoms with Crippen molar-refractivity contribution in [3.05, 3.63) is 54.6 Å². The number of rotatable bonds is 6. The molecule has 3 nitrogen and oxygen atoms in total. The second kappa shape index (κ2) is 6.69. The van der Waals surface area contributed by atoms with E-state index >= 15 is 0 Å². The lowest BCUT2D eigenvalue weighted by atomic mass is 10.3. The summed E-state index contributed by atoms with van der Waals surface area (Å²) in [6.45, 7) is 1.85. The molecule has 2 aromatic carbocycles. The Labute approximate surface area is 114 Å². The van der Waals surface area contributed by atoms with Gasteiger partial charge in [0.1, 0.15) is 5.75 Å². The van der Waals surface area contributed by atoms with Gasteiger partial charge in [0.2, 0.25) is 0 Å². The first kappa shape index (κ1) is 13.3. The fourth-order valence-electron chi connectivity index (χ4n) is 1.89. The highest BCUT2D eigenvalue weighted by Gasteiger charge is 1.99. The molecule has 2 rings (SSSR count). The molecule has 19 heavy (non-hydrogen) atoms. The van der Waals surface area contributed by atoms with E-state index in [1.807, 2.05) is 30.3 Å². The molecule has 3 heteroatoms. The molecule has 0 saturated heterocycles. The first-order valence-corrected chi connectivity index (χ1v) is 6.44. The van der Waals surface area contributed by atoms with Crippen molar-refractivity contribution in [1.29, 1.82) is 0 Å². The minimum absolute atomic E-state index is 0.881. The second-order valence-electron chi connectivity index (χ2n) is 4.41. The fraction of sp³-hybridized carbons (Fsp3) is 0.250. The number of para-hydroxylation sites is 1. The minimum Gasteiger partial charge on any atom is -0.497 e. The van der Waals surface area contributed by atoms with E-state index in [1.165, 1.54) is 5.69 Å². The Morgan fingerprint density at radius 1 is 1.00 bits per heavy atom. The number of methoxy groups -OCH3 is 1. The third-order valence-corrected chi connectivity index (χ3v) is 3.06. The summed E-state index contributed by atoms with van der Waals surface area (Å²) in [6.07, 6.45) is 0. The lowest BCUT2D eigenvalue weighted by molar-refractivity contribution is 0.415. The number of hydrogen-bond donors (Lipinski definition) is 1. The third-order valence-electron chi connectivity index (χ3n) is 3.06. The SMILES string of the molecule is COc1ccc(NCCN(C)c2ccccc2)cc1. The molecule has 0 aliphatic rings. The zero-order valence-electron chi connectivity index (χ0n) is 11.5. The Bertz CT molecular complexity index is 482. The molecule has 0 unspecified atom stereocenters. The largest absolute Gasteiger partial charge is 0.497 e. The van der Waals surface area contributed by atoms with Gasteiger partial charge >= 0.3 is 0 Å². The minimum atomic E-state index is 0.881. The van der Waals surface area contributed by atoms with Gasteiger partial charge in [-0.1, -0.05) is 18.2 Å². The molecular formula is C16H20N2O. The molecular weight excluding hydrogens is 236 g/mol. The van der Waals surface area contributed by atoms with Gasteiger partial charge in [0, 0.05) is 31.5 Å². The van der Waals surface area contributed by atoms with Crippen LogP contribution in [0, 0.1) is 0 Å². The van der Waals surface area contributed by atoms with Gasteiger partial charge in [0.25, 0.3) is 0 Å². The van der Waals surface area contributed by atoms with Crippen LogP contribution in [0.2, 0.25) is 0 Å². The van der Waals surface area contributed by atoms with Crippen LogP contribution in [-0.4, -0.2) is 27.2 Å². The Balaban J connectivity index is 1.79. The molecule has 100 valence electrons. The number of ether oxygens (including phenoxy) is 1. The van der Waals surface area contributed by atoms with Crippen molar-refractivity contribution in [3.63, 3.8) is 0 Å². The van der Waals surface area contributed by atoms with E-state index in [0.717, 1.165) is 24.5 Å². The molecule has 2 aromatic rings. The third kappa shape index (κ3) is 3.91. The zero-order chi connectivity index (χ0) is 13.5. The average molecular weight is 256 g/mol. The van der Waals surface area contributed by atoms with Crippen molar-refractivity contribution in [2.24, 2.45) is 0 Å². The summed E-state index contributed by atoms with van der Waals surface area (Å²) in [5, 5.41) is 3.40. The van der Waals surface area contributed by atoms with E-state index in [-0.39, 0.29) is 0 Å². The van der Waals surface area contributed by atoms with E-state index in [0.29, 0.717) is 0 Å². The van der Waals surface area contributed by atoms with Crippen LogP contribution < -0.4 is 15.0 Å². The number of likely N-dealkylation sites (N-methyl/N-ethyl adjacent to an activating group) is 1. The van der Waals surface area contributed by atoms with Crippen LogP contribution >= 0.6 is 0 Å². The van der Waals surface area contributed by atoms with Crippen LogP contribution in [0.4, 0.5) is 11.4 Å². The summed E-state index contributed by atoms with van der Waals surface area (Å²) >= 11 is 0. The topological polar surface area (TPSA) is 24.5 Å². The number of nitrogens with one attached hydrogen (secondary N) is 1. The summed E-state index contributed by atoms with van der Waals surface area (Å²) in [6, 6.07) is 18.4. The summed E-state index contributed by atoms with van der Waals surface area (Å²) in [4.78, 5) is 2.23. The van der Waals surface area contributed by atoms with Crippen LogP contribution in [0.15, 0.2) is 54.6 Å². The highest BCUT2D eigenvalue weighted by Crippen LogP contribution is 2.15. The van der Waals surface area contributed by atoms with E-state index in [2.05, 4.69) is 41.5 Å². The van der Waals surface area contributed by atoms with E-state index in [1.54, 1.807) is 7.11 Å². The lowest BCUT2D eigenvalue weighted by Gasteiger charge is -2.19. The Kier molecular flexibility index (Phi) is 4.67. The van der Waals surface area contributed by atoms with Crippen molar-refractivity contribution in [2.75, 3.05) is 37.5 Å². The van der Waals surface area contributed by atoms with E-state index < -0.39 is 0 Å². The van der Waals surface area contributed by atoms with Crippen molar-refractivity contribution < 1.29 is 4.74 Å². The Hall–Kier alpha value is -2.16. The molecule has 0 saturated carbocycles. The van der Waals surface area contributed by atoms with Crippen molar-refractivity contribution in [2.45, 2.75) is 0 Å². The van der Waals surface area contributed by atoms with Gasteiger partial charge in [-0.25, -0.2) is 0 Å². The van der Waals surface area contributed by atoms with Gasteiger partial charge in [-0.2, -0.15) is 0 Å². The van der Waals surface area contributed by atoms with Gasteiger partial charge in [0.15, 0.2) is 0 Å². The molecule has 0 bridgehead atoms. The summed E-state index contributed by atoms with van der Waals surface area (Å²) in [5.41, 5.74) is 2.35. The molecule has 0 heterocycles. The standard InChI is InChI=1S/C16H20N2O/c1-18(15-6-4-3-5-7-15)13-12-17-14-8-10-16(19-2)11-9-14/h3-11,17H,12-13H2,1-2H3. The van der Waals surface area contributed by atoms with Gasteiger partial charge in [-0.3, -0.25) is 0 Å². The number of nitrogens with zero attached hydrogens (tertiary/aromatic N) is 1. The molecule has 0 radical (unpaired) electrons. The van der Waals surface area contributed by atoms with Crippen molar-refractivity contribution in [3.8, 4) is 5.75 Å². The van der Waals surface area contributed by atoms with E-state index in [4.69, 9.17) is 4.74 Å². The zero-order valence-corrected chi connectivity index (χ0v) is 11.5. The van der Waals surface area contributed by atoms with Crippen LogP contribution in [0.5, 0.6) is 5.75 Å². The van der Waals surface area contributed by atoms with Crippen LogP contribution in [0.3, 0.4) is 0 Å². The predicted molar refractivity (Wildman–Crippen MR) is 81.2 cm³/mol. The molecule has 0 atom stereocenters. The molecule has 0 aliphatic heterocycles. The maximum atomic E-state index is 5.13. The lowest BCUT2D eigenvalue weighted by Crippen LogP contribution is -2.24. The first-order chi connectivity index (χ1) is 9.29. The summed E-state index contributed by atoms with van der Waals surface area (Å²) in [5.74, 6) is 0.881. The summed E-state index contributed by atoms with van der Waals surface area (Å²) in [7, 11) is 3.78. The van der Waals surface area contributed by atoms with E-state index in [9.17, 15) is 0 Å². The maximum absolute atomic E-state index is 5.13. The number of hydrogen-bond acceptors (Lipinski definition) is 3. The predicted octanol–water partition coefficient (Wildman–Crippen LogP) is 3.24. The fourth-order valence-corrected chi connectivity index (χ4v) is 1.89. The van der Waals surface area contributed by atoms with Gasteiger partial charge in [-0.15, -0.1) is 0 Å². The average Bonchev–Trinajstić information content (AvgIpc) is 2.49. The maximum Gasteiger partial charge on any atom is 0.119 e. The smallest absolute Gasteiger partial charge is 0.119 e. The molecule has 0 amide bonds. The normalized spacial score (nSPS) is 10.0. The van der Waals surface area contributed by atoms with Crippen LogP contribution in [0.25, 0.3) is 0 Å². The van der Waals surface area contributed by atoms with Gasteiger partial charge in [-0.05, 0) is 36.4 Å². The highest BCUT2D eigenvalue weighted by atomic mass is 16.5. The molecule has 0 fully saturated rings. The Morgan fingerprint density at radius 2 is 1.68 bits per heavy atom. The molecule has 1 N–H and O–H groups in total. The second-order valence-corrected chi connectivity index (χ2v) is 4.41. The highest BCUT2D eigenvalue weighted by molar-refractivity contribution is 5.48.